The molecule has 1 aromatic heterocycles. The van der Waals surface area contributed by atoms with Gasteiger partial charge in [0.2, 0.25) is 11.8 Å². The van der Waals surface area contributed by atoms with E-state index in [-0.39, 0.29) is 38.9 Å². The van der Waals surface area contributed by atoms with Crippen LogP contribution in [0.25, 0.3) is 0 Å². The summed E-state index contributed by atoms with van der Waals surface area (Å²) in [6, 6.07) is 0. The fraction of sp³-hybridized carbons (Fsp3) is 0.433. The number of nitrogens with zero attached hydrogens (tertiary/aromatic N) is 5. The number of aliphatic hydroxyl groups excluding tert-OH is 1. The molecule has 2 aliphatic heterocycles. The Balaban J connectivity index is 1.65. The second kappa shape index (κ2) is 19.1. The van der Waals surface area contributed by atoms with Gasteiger partial charge in [-0.15, -0.1) is 0 Å². The van der Waals surface area contributed by atoms with E-state index in [0.29, 0.717) is 20.0 Å². The summed E-state index contributed by atoms with van der Waals surface area (Å²) in [5, 5.41) is 12.1. The number of carbonyl (C=O) groups is 8. The minimum atomic E-state index is -1.20. The number of imide groups is 1. The van der Waals surface area contributed by atoms with Gasteiger partial charge in [-0.2, -0.15) is 0 Å². The Morgan fingerprint density at radius 1 is 0.667 bits per heavy atom. The van der Waals surface area contributed by atoms with Crippen molar-refractivity contribution in [3.8, 4) is 0 Å². The normalized spacial score (nSPS) is 15.2. The highest BCUT2D eigenvalue weighted by molar-refractivity contribution is 6.13. The van der Waals surface area contributed by atoms with E-state index in [9.17, 15) is 57.8 Å². The number of hydrogen-bond acceptors (Lipinski definition) is 15. The lowest BCUT2D eigenvalue weighted by Crippen LogP contribution is -2.55. The van der Waals surface area contributed by atoms with E-state index in [1.54, 1.807) is 0 Å². The molecule has 0 radical (unpaired) electrons. The molecule has 0 aliphatic carbocycles. The average molecular weight is 719 g/mol. The molecule has 3 heterocycles. The molecule has 0 saturated heterocycles. The number of aldehydes is 1. The summed E-state index contributed by atoms with van der Waals surface area (Å²) in [5.74, 6) is -4.86. The third kappa shape index (κ3) is 11.4. The largest absolute Gasteiger partial charge is 0.464 e. The number of allylic oxidation sites excluding steroid dienone is 1. The van der Waals surface area contributed by atoms with Crippen molar-refractivity contribution < 1.29 is 57.7 Å². The number of aromatic nitrogens is 3. The second-order valence-electron chi connectivity index (χ2n) is 10.5. The van der Waals surface area contributed by atoms with Crippen LogP contribution in [0, 0.1) is 0 Å². The first kappa shape index (κ1) is 39.2. The van der Waals surface area contributed by atoms with E-state index in [2.05, 4.69) is 5.32 Å². The Bertz CT molecular complexity index is 1800. The van der Waals surface area contributed by atoms with Crippen LogP contribution in [0.3, 0.4) is 0 Å². The molecule has 1 aromatic rings. The summed E-state index contributed by atoms with van der Waals surface area (Å²) in [7, 11) is 0. The van der Waals surface area contributed by atoms with Crippen LogP contribution in [0.1, 0.15) is 19.3 Å². The molecule has 0 fully saturated rings. The standard InChI is InChI=1S/C30H34N6O15/c37-16-1-2-20(38)31-10-7-25(43)49-17-13-34-28(46)35(14-18-50-26(44)8-11-32-21(39)3-4-22(32)40)30(48)36(29(34)47)15-19-51-27(45)9-12-33-23(41)5-6-24(33)42/h1-6,16,21,39H,7-15,17-19H2,(H,31,38)/b2-1-. The molecule has 1 unspecified atom stereocenters. The van der Waals surface area contributed by atoms with Gasteiger partial charge in [-0.3, -0.25) is 43.3 Å². The Morgan fingerprint density at radius 3 is 1.59 bits per heavy atom. The second-order valence-corrected chi connectivity index (χ2v) is 10.5. The molecule has 274 valence electrons. The van der Waals surface area contributed by atoms with E-state index in [4.69, 9.17) is 14.2 Å². The van der Waals surface area contributed by atoms with Crippen LogP contribution >= 0.6 is 0 Å². The van der Waals surface area contributed by atoms with E-state index in [0.717, 1.165) is 40.2 Å². The van der Waals surface area contributed by atoms with E-state index in [1.165, 1.54) is 6.08 Å². The van der Waals surface area contributed by atoms with Crippen LogP contribution in [0.5, 0.6) is 0 Å². The first-order chi connectivity index (χ1) is 24.3. The van der Waals surface area contributed by atoms with E-state index in [1.807, 2.05) is 0 Å². The predicted octanol–water partition coefficient (Wildman–Crippen LogP) is -4.52. The van der Waals surface area contributed by atoms with Crippen LogP contribution in [0.4, 0.5) is 0 Å². The first-order valence-electron chi connectivity index (χ1n) is 15.4. The first-order valence-corrected chi connectivity index (χ1v) is 15.4. The third-order valence-electron chi connectivity index (χ3n) is 7.08. The van der Waals surface area contributed by atoms with Gasteiger partial charge in [0.25, 0.3) is 11.8 Å². The molecule has 21 nitrogen and oxygen atoms in total. The van der Waals surface area contributed by atoms with Crippen molar-refractivity contribution >= 4 is 47.8 Å². The summed E-state index contributed by atoms with van der Waals surface area (Å²) in [4.78, 5) is 135. The Kier molecular flexibility index (Phi) is 14.7. The van der Waals surface area contributed by atoms with Crippen molar-refractivity contribution in [3.63, 3.8) is 0 Å². The van der Waals surface area contributed by atoms with Gasteiger partial charge in [0, 0.05) is 43.9 Å². The SMILES string of the molecule is O=C/C=C\C(=O)NCCC(=O)OCCn1c(=O)n(CCOC(=O)CCN2C(=O)C=CC2=O)c(=O)n(CCOC(=O)CCN2C(=O)C=CC2O)c1=O. The minimum absolute atomic E-state index is 0.150. The highest BCUT2D eigenvalue weighted by atomic mass is 16.5. The summed E-state index contributed by atoms with van der Waals surface area (Å²) < 4.78 is 16.8. The lowest BCUT2D eigenvalue weighted by atomic mass is 10.4. The molecule has 2 aliphatic rings. The summed E-state index contributed by atoms with van der Waals surface area (Å²) in [6.45, 7) is -3.81. The van der Waals surface area contributed by atoms with Crippen molar-refractivity contribution in [1.29, 1.82) is 0 Å². The molecular formula is C30H34N6O15. The molecule has 0 saturated carbocycles. The molecule has 1 atom stereocenters. The van der Waals surface area contributed by atoms with Gasteiger partial charge in [0.15, 0.2) is 0 Å². The van der Waals surface area contributed by atoms with Gasteiger partial charge in [0.05, 0.1) is 38.9 Å². The number of carbonyl (C=O) groups excluding carboxylic acids is 8. The zero-order chi connectivity index (χ0) is 37.5. The van der Waals surface area contributed by atoms with Gasteiger partial charge in [-0.05, 0) is 12.2 Å². The molecule has 4 amide bonds. The molecule has 0 spiro atoms. The van der Waals surface area contributed by atoms with Gasteiger partial charge in [-0.25, -0.2) is 28.1 Å². The maximum atomic E-state index is 13.2. The number of rotatable bonds is 20. The molecule has 0 aromatic carbocycles. The molecule has 2 N–H and O–H groups in total. The minimum Gasteiger partial charge on any atom is -0.464 e. The average Bonchev–Trinajstić information content (AvgIpc) is 3.59. The van der Waals surface area contributed by atoms with Crippen molar-refractivity contribution in [1.82, 2.24) is 28.8 Å². The van der Waals surface area contributed by atoms with Crippen molar-refractivity contribution in [2.45, 2.75) is 45.1 Å². The molecule has 3 rings (SSSR count). The third-order valence-corrected chi connectivity index (χ3v) is 7.08. The number of esters is 3. The van der Waals surface area contributed by atoms with Crippen molar-refractivity contribution in [3.05, 3.63) is 67.9 Å². The molecular weight excluding hydrogens is 684 g/mol. The van der Waals surface area contributed by atoms with Crippen LogP contribution in [-0.4, -0.2) is 122 Å². The number of aliphatic hydroxyl groups is 1. The molecule has 0 bridgehead atoms. The van der Waals surface area contributed by atoms with E-state index < -0.39 is 104 Å². The number of nitrogens with one attached hydrogen (secondary N) is 1. The topological polar surface area (TPSA) is 269 Å². The zero-order valence-corrected chi connectivity index (χ0v) is 27.0. The van der Waals surface area contributed by atoms with Crippen molar-refractivity contribution in [2.75, 3.05) is 39.5 Å². The maximum Gasteiger partial charge on any atom is 0.336 e. The Labute approximate surface area is 286 Å². The van der Waals surface area contributed by atoms with Gasteiger partial charge >= 0.3 is 35.0 Å². The number of amides is 4. The Morgan fingerprint density at radius 2 is 1.14 bits per heavy atom. The van der Waals surface area contributed by atoms with Gasteiger partial charge in [0.1, 0.15) is 32.3 Å². The maximum absolute atomic E-state index is 13.2. The fourth-order valence-corrected chi connectivity index (χ4v) is 4.51. The molecule has 51 heavy (non-hydrogen) atoms. The monoisotopic (exact) mass is 718 g/mol. The highest BCUT2D eigenvalue weighted by Crippen LogP contribution is 2.09. The number of ether oxygens (including phenoxy) is 3. The Hall–Kier alpha value is -6.25. The smallest absolute Gasteiger partial charge is 0.336 e. The summed E-state index contributed by atoms with van der Waals surface area (Å²) in [5.41, 5.74) is -3.45. The highest BCUT2D eigenvalue weighted by Gasteiger charge is 2.25. The van der Waals surface area contributed by atoms with E-state index >= 15 is 0 Å². The fourth-order valence-electron chi connectivity index (χ4n) is 4.51. The zero-order valence-electron chi connectivity index (χ0n) is 27.0. The van der Waals surface area contributed by atoms with Gasteiger partial charge in [-0.1, -0.05) is 0 Å². The van der Waals surface area contributed by atoms with Crippen molar-refractivity contribution in [2.24, 2.45) is 0 Å². The van der Waals surface area contributed by atoms with Crippen LogP contribution < -0.4 is 22.4 Å². The lowest BCUT2D eigenvalue weighted by molar-refractivity contribution is -0.147. The summed E-state index contributed by atoms with van der Waals surface area (Å²) in [6.07, 6.45) is 4.54. The lowest BCUT2D eigenvalue weighted by Gasteiger charge is -2.19. The van der Waals surface area contributed by atoms with Crippen LogP contribution in [-0.2, 0) is 72.2 Å². The quantitative estimate of drug-likeness (QED) is 0.0423. The number of hydrogen-bond donors (Lipinski definition) is 2. The predicted molar refractivity (Wildman–Crippen MR) is 167 cm³/mol. The van der Waals surface area contributed by atoms with Crippen LogP contribution in [0.2, 0.25) is 0 Å². The summed E-state index contributed by atoms with van der Waals surface area (Å²) >= 11 is 0. The van der Waals surface area contributed by atoms with Gasteiger partial charge < -0.3 is 29.5 Å². The van der Waals surface area contributed by atoms with Crippen LogP contribution in [0.15, 0.2) is 50.8 Å². The molecule has 21 heteroatoms.